The molecule has 0 bridgehead atoms. The summed E-state index contributed by atoms with van der Waals surface area (Å²) < 4.78 is 13.2. The fourth-order valence-electron chi connectivity index (χ4n) is 1.75. The molecule has 6 nitrogen and oxygen atoms in total. The molecule has 104 valence electrons. The third-order valence-corrected chi connectivity index (χ3v) is 2.47. The number of hydrogen-bond donors (Lipinski definition) is 3. The molecule has 0 heterocycles. The fraction of sp³-hybridized carbons (Fsp3) is 0.333. The summed E-state index contributed by atoms with van der Waals surface area (Å²) in [5.74, 6) is -1.86. The Morgan fingerprint density at radius 1 is 1.32 bits per heavy atom. The maximum absolute atomic E-state index is 13.2. The zero-order valence-electron chi connectivity index (χ0n) is 10.5. The number of carbonyl (C=O) groups excluding carboxylic acids is 2. The van der Waals surface area contributed by atoms with Gasteiger partial charge >= 0.3 is 0 Å². The smallest absolute Gasteiger partial charge is 0.236 e. The highest BCUT2D eigenvalue weighted by Crippen LogP contribution is 2.27. The lowest BCUT2D eigenvalue weighted by Crippen LogP contribution is -2.40. The number of benzene rings is 1. The van der Waals surface area contributed by atoms with Crippen molar-refractivity contribution in [3.8, 4) is 0 Å². The van der Waals surface area contributed by atoms with Gasteiger partial charge in [0.15, 0.2) is 0 Å². The zero-order valence-corrected chi connectivity index (χ0v) is 10.5. The number of hydrogen-bond acceptors (Lipinski definition) is 4. The first-order chi connectivity index (χ1) is 8.81. The Hall–Kier alpha value is -2.15. The van der Waals surface area contributed by atoms with Gasteiger partial charge in [-0.1, -0.05) is 0 Å². The van der Waals surface area contributed by atoms with Crippen molar-refractivity contribution in [2.24, 2.45) is 11.5 Å². The van der Waals surface area contributed by atoms with Crippen molar-refractivity contribution in [3.05, 3.63) is 29.6 Å². The van der Waals surface area contributed by atoms with Crippen molar-refractivity contribution in [3.63, 3.8) is 0 Å². The van der Waals surface area contributed by atoms with Crippen LogP contribution in [0.25, 0.3) is 0 Å². The summed E-state index contributed by atoms with van der Waals surface area (Å²) in [6, 6.07) is 3.66. The van der Waals surface area contributed by atoms with Crippen LogP contribution in [0.2, 0.25) is 0 Å². The highest BCUT2D eigenvalue weighted by molar-refractivity contribution is 5.85. The first-order valence-corrected chi connectivity index (χ1v) is 5.60. The second-order valence-electron chi connectivity index (χ2n) is 4.17. The van der Waals surface area contributed by atoms with Gasteiger partial charge in [-0.2, -0.15) is 0 Å². The Bertz CT molecular complexity index is 475. The molecule has 0 radical (unpaired) electrons. The van der Waals surface area contributed by atoms with E-state index in [1.54, 1.807) is 0 Å². The van der Waals surface area contributed by atoms with Crippen molar-refractivity contribution in [1.29, 1.82) is 0 Å². The van der Waals surface area contributed by atoms with E-state index in [2.05, 4.69) is 0 Å². The number of aliphatic hydroxyl groups excluding tert-OH is 1. The number of halogens is 1. The average Bonchev–Trinajstić information content (AvgIpc) is 2.26. The molecular weight excluding hydrogens is 253 g/mol. The quantitative estimate of drug-likeness (QED) is 0.656. The van der Waals surface area contributed by atoms with Crippen LogP contribution in [0.4, 0.5) is 10.1 Å². The number of carbonyl (C=O) groups is 2. The first-order valence-electron chi connectivity index (χ1n) is 5.60. The summed E-state index contributed by atoms with van der Waals surface area (Å²) in [7, 11) is 0. The summed E-state index contributed by atoms with van der Waals surface area (Å²) in [6.07, 6.45) is -0.964. The van der Waals surface area contributed by atoms with E-state index in [-0.39, 0.29) is 18.7 Å². The molecular formula is C12H16FN3O3. The molecule has 0 saturated heterocycles. The number of rotatable bonds is 6. The summed E-state index contributed by atoms with van der Waals surface area (Å²) in [5, 5.41) is 9.62. The van der Waals surface area contributed by atoms with Crippen molar-refractivity contribution < 1.29 is 19.1 Å². The van der Waals surface area contributed by atoms with Crippen LogP contribution in [-0.4, -0.2) is 30.0 Å². The molecule has 1 rings (SSSR count). The average molecular weight is 269 g/mol. The number of nitrogens with zero attached hydrogens (tertiary/aromatic N) is 1. The van der Waals surface area contributed by atoms with Crippen molar-refractivity contribution in [2.45, 2.75) is 13.0 Å². The zero-order chi connectivity index (χ0) is 14.6. The number of primary amides is 2. The Morgan fingerprint density at radius 3 is 2.26 bits per heavy atom. The molecule has 0 aliphatic carbocycles. The Labute approximate surface area is 109 Å². The number of anilines is 1. The predicted octanol–water partition coefficient (Wildman–Crippen LogP) is -0.344. The van der Waals surface area contributed by atoms with E-state index in [0.717, 1.165) is 12.1 Å². The third-order valence-electron chi connectivity index (χ3n) is 2.47. The van der Waals surface area contributed by atoms with Gasteiger partial charge in [0, 0.05) is 11.3 Å². The van der Waals surface area contributed by atoms with Crippen LogP contribution in [0, 0.1) is 5.82 Å². The van der Waals surface area contributed by atoms with Gasteiger partial charge in [-0.05, 0) is 25.1 Å². The topological polar surface area (TPSA) is 110 Å². The van der Waals surface area contributed by atoms with Crippen LogP contribution in [-0.2, 0) is 9.59 Å². The van der Waals surface area contributed by atoms with E-state index in [9.17, 15) is 19.1 Å². The molecule has 7 heteroatoms. The second kappa shape index (κ2) is 6.14. The SMILES string of the molecule is C[C@@H](O)c1cc(F)ccc1N(CC(N)=O)CC(N)=O. The Morgan fingerprint density at radius 2 is 1.84 bits per heavy atom. The molecule has 1 aromatic rings. The summed E-state index contributed by atoms with van der Waals surface area (Å²) in [5.41, 5.74) is 10.8. The van der Waals surface area contributed by atoms with Crippen LogP contribution in [0.1, 0.15) is 18.6 Å². The maximum atomic E-state index is 13.2. The highest BCUT2D eigenvalue weighted by atomic mass is 19.1. The van der Waals surface area contributed by atoms with Gasteiger partial charge in [-0.3, -0.25) is 9.59 Å². The van der Waals surface area contributed by atoms with Gasteiger partial charge in [0.2, 0.25) is 11.8 Å². The van der Waals surface area contributed by atoms with E-state index in [0.29, 0.717) is 5.69 Å². The lowest BCUT2D eigenvalue weighted by atomic mass is 10.1. The van der Waals surface area contributed by atoms with Crippen LogP contribution in [0.5, 0.6) is 0 Å². The first kappa shape index (κ1) is 14.9. The molecule has 1 atom stereocenters. The summed E-state index contributed by atoms with van der Waals surface area (Å²) in [6.45, 7) is 0.938. The fourth-order valence-corrected chi connectivity index (χ4v) is 1.75. The maximum Gasteiger partial charge on any atom is 0.236 e. The minimum atomic E-state index is -0.964. The second-order valence-corrected chi connectivity index (χ2v) is 4.17. The molecule has 1 aromatic carbocycles. The Balaban J connectivity index is 3.20. The van der Waals surface area contributed by atoms with Gasteiger partial charge in [0.25, 0.3) is 0 Å². The highest BCUT2D eigenvalue weighted by Gasteiger charge is 2.18. The van der Waals surface area contributed by atoms with E-state index in [1.165, 1.54) is 17.9 Å². The van der Waals surface area contributed by atoms with Crippen LogP contribution in [0.3, 0.4) is 0 Å². The van der Waals surface area contributed by atoms with Crippen LogP contribution < -0.4 is 16.4 Å². The summed E-state index contributed by atoms with van der Waals surface area (Å²) >= 11 is 0. The molecule has 0 unspecified atom stereocenters. The lowest BCUT2D eigenvalue weighted by Gasteiger charge is -2.25. The minimum Gasteiger partial charge on any atom is -0.389 e. The molecule has 5 N–H and O–H groups in total. The van der Waals surface area contributed by atoms with Crippen molar-refractivity contribution in [2.75, 3.05) is 18.0 Å². The molecule has 0 aliphatic heterocycles. The third kappa shape index (κ3) is 4.22. The number of nitrogens with two attached hydrogens (primary N) is 2. The minimum absolute atomic E-state index is 0.252. The van der Waals surface area contributed by atoms with Gasteiger partial charge < -0.3 is 21.5 Å². The van der Waals surface area contributed by atoms with Gasteiger partial charge in [-0.15, -0.1) is 0 Å². The predicted molar refractivity (Wildman–Crippen MR) is 67.6 cm³/mol. The molecule has 0 aliphatic rings. The van der Waals surface area contributed by atoms with E-state index in [1.807, 2.05) is 0 Å². The number of amides is 2. The van der Waals surface area contributed by atoms with Crippen LogP contribution >= 0.6 is 0 Å². The van der Waals surface area contributed by atoms with Crippen molar-refractivity contribution in [1.82, 2.24) is 0 Å². The van der Waals surface area contributed by atoms with E-state index >= 15 is 0 Å². The number of aliphatic hydroxyl groups is 1. The van der Waals surface area contributed by atoms with Crippen LogP contribution in [0.15, 0.2) is 18.2 Å². The monoisotopic (exact) mass is 269 g/mol. The normalized spacial score (nSPS) is 11.9. The van der Waals surface area contributed by atoms with Crippen molar-refractivity contribution >= 4 is 17.5 Å². The van der Waals surface area contributed by atoms with Gasteiger partial charge in [-0.25, -0.2) is 4.39 Å². The molecule has 0 aromatic heterocycles. The summed E-state index contributed by atoms with van der Waals surface area (Å²) in [4.78, 5) is 23.3. The lowest BCUT2D eigenvalue weighted by molar-refractivity contribution is -0.117. The largest absolute Gasteiger partial charge is 0.389 e. The molecule has 0 spiro atoms. The van der Waals surface area contributed by atoms with E-state index < -0.39 is 23.7 Å². The molecule has 2 amide bonds. The van der Waals surface area contributed by atoms with E-state index in [4.69, 9.17) is 11.5 Å². The molecule has 0 fully saturated rings. The standard InChI is InChI=1S/C12H16FN3O3/c1-7(17)9-4-8(13)2-3-10(9)16(5-11(14)18)6-12(15)19/h2-4,7,17H,5-6H2,1H3,(H2,14,18)(H2,15,19)/t7-/m1/s1. The van der Waals surface area contributed by atoms with Gasteiger partial charge in [0.05, 0.1) is 19.2 Å². The Kier molecular flexibility index (Phi) is 4.82. The molecule has 0 saturated carbocycles. The van der Waals surface area contributed by atoms with Gasteiger partial charge in [0.1, 0.15) is 5.82 Å². The molecule has 19 heavy (non-hydrogen) atoms.